The second kappa shape index (κ2) is 7.86. The summed E-state index contributed by atoms with van der Waals surface area (Å²) in [5, 5.41) is 9.52. The molecule has 1 aromatic heterocycles. The standard InChI is InChI=1S/C19H23N3O3S/c1-12-9-10-13(2)17(25-11-12)18-20-21-19(26-5)22(18)16-14(23-3)7-6-8-15(16)24-4/h6-9H,10-11H2,1-5H3. The van der Waals surface area contributed by atoms with Gasteiger partial charge in [-0.2, -0.15) is 0 Å². The maximum atomic E-state index is 6.08. The van der Waals surface area contributed by atoms with Gasteiger partial charge >= 0.3 is 0 Å². The molecule has 138 valence electrons. The van der Waals surface area contributed by atoms with Gasteiger partial charge in [-0.15, -0.1) is 10.2 Å². The van der Waals surface area contributed by atoms with Crippen LogP contribution in [0.15, 0.2) is 40.6 Å². The second-order valence-corrected chi connectivity index (χ2v) is 6.78. The van der Waals surface area contributed by atoms with Crippen LogP contribution < -0.4 is 9.47 Å². The SMILES string of the molecule is COc1cccc(OC)c1-n1c(SC)nnc1C1=C(C)CC=C(C)CO1. The highest BCUT2D eigenvalue weighted by Crippen LogP contribution is 2.38. The van der Waals surface area contributed by atoms with E-state index in [2.05, 4.69) is 30.1 Å². The minimum Gasteiger partial charge on any atom is -0.494 e. The van der Waals surface area contributed by atoms with Gasteiger partial charge in [0, 0.05) is 0 Å². The van der Waals surface area contributed by atoms with Gasteiger partial charge in [-0.1, -0.05) is 23.9 Å². The third kappa shape index (κ3) is 3.31. The van der Waals surface area contributed by atoms with Crippen molar-refractivity contribution in [2.75, 3.05) is 27.1 Å². The largest absolute Gasteiger partial charge is 0.494 e. The number of thioether (sulfide) groups is 1. The molecule has 0 radical (unpaired) electrons. The summed E-state index contributed by atoms with van der Waals surface area (Å²) >= 11 is 1.51. The zero-order chi connectivity index (χ0) is 18.7. The average molecular weight is 373 g/mol. The van der Waals surface area contributed by atoms with Gasteiger partial charge in [-0.3, -0.25) is 4.57 Å². The second-order valence-electron chi connectivity index (χ2n) is 6.01. The van der Waals surface area contributed by atoms with Gasteiger partial charge in [0.05, 0.1) is 14.2 Å². The van der Waals surface area contributed by atoms with Crippen LogP contribution in [0, 0.1) is 0 Å². The van der Waals surface area contributed by atoms with Crippen LogP contribution in [0.5, 0.6) is 11.5 Å². The van der Waals surface area contributed by atoms with E-state index in [1.807, 2.05) is 29.0 Å². The Labute approximate surface area is 157 Å². The summed E-state index contributed by atoms with van der Waals surface area (Å²) < 4.78 is 19.2. The molecule has 1 aliphatic rings. The van der Waals surface area contributed by atoms with E-state index in [1.54, 1.807) is 14.2 Å². The topological polar surface area (TPSA) is 58.4 Å². The molecular formula is C19H23N3O3S. The van der Waals surface area contributed by atoms with Crippen molar-refractivity contribution in [3.63, 3.8) is 0 Å². The van der Waals surface area contributed by atoms with E-state index in [4.69, 9.17) is 14.2 Å². The highest BCUT2D eigenvalue weighted by Gasteiger charge is 2.25. The van der Waals surface area contributed by atoms with E-state index in [0.717, 1.165) is 28.6 Å². The van der Waals surface area contributed by atoms with Gasteiger partial charge in [0.15, 0.2) is 10.9 Å². The minimum absolute atomic E-state index is 0.539. The van der Waals surface area contributed by atoms with Crippen molar-refractivity contribution < 1.29 is 14.2 Å². The highest BCUT2D eigenvalue weighted by atomic mass is 32.2. The van der Waals surface area contributed by atoms with E-state index in [0.29, 0.717) is 23.9 Å². The first-order chi connectivity index (χ1) is 12.6. The Morgan fingerprint density at radius 3 is 2.42 bits per heavy atom. The molecule has 2 heterocycles. The number of para-hydroxylation sites is 1. The first-order valence-corrected chi connectivity index (χ1v) is 9.52. The van der Waals surface area contributed by atoms with Gasteiger partial charge in [0.25, 0.3) is 0 Å². The molecule has 26 heavy (non-hydrogen) atoms. The smallest absolute Gasteiger partial charge is 0.204 e. The van der Waals surface area contributed by atoms with Crippen molar-refractivity contribution in [2.24, 2.45) is 0 Å². The molecule has 0 bridgehead atoms. The number of ether oxygens (including phenoxy) is 3. The Hall–Kier alpha value is -2.41. The van der Waals surface area contributed by atoms with E-state index in [-0.39, 0.29) is 0 Å². The number of methoxy groups -OCH3 is 2. The predicted molar refractivity (Wildman–Crippen MR) is 103 cm³/mol. The molecule has 0 fully saturated rings. The number of allylic oxidation sites excluding steroid dienone is 2. The van der Waals surface area contributed by atoms with E-state index >= 15 is 0 Å². The Balaban J connectivity index is 2.23. The Kier molecular flexibility index (Phi) is 5.56. The van der Waals surface area contributed by atoms with Crippen LogP contribution in [0.4, 0.5) is 0 Å². The first-order valence-electron chi connectivity index (χ1n) is 8.30. The van der Waals surface area contributed by atoms with Crippen LogP contribution in [0.1, 0.15) is 26.1 Å². The van der Waals surface area contributed by atoms with E-state index in [1.165, 1.54) is 17.3 Å². The summed E-state index contributed by atoms with van der Waals surface area (Å²) in [6, 6.07) is 5.68. The monoisotopic (exact) mass is 373 g/mol. The van der Waals surface area contributed by atoms with E-state index in [9.17, 15) is 0 Å². The van der Waals surface area contributed by atoms with Crippen molar-refractivity contribution in [1.29, 1.82) is 0 Å². The Bertz CT molecular complexity index is 849. The quantitative estimate of drug-likeness (QED) is 0.581. The maximum absolute atomic E-state index is 6.08. The van der Waals surface area contributed by atoms with Crippen molar-refractivity contribution in [3.8, 4) is 17.2 Å². The molecule has 0 saturated heterocycles. The summed E-state index contributed by atoms with van der Waals surface area (Å²) in [5.74, 6) is 2.76. The third-order valence-corrected chi connectivity index (χ3v) is 4.86. The molecule has 0 atom stereocenters. The molecule has 3 rings (SSSR count). The lowest BCUT2D eigenvalue weighted by atomic mass is 10.1. The lowest BCUT2D eigenvalue weighted by molar-refractivity contribution is 0.304. The van der Waals surface area contributed by atoms with Crippen molar-refractivity contribution in [1.82, 2.24) is 14.8 Å². The van der Waals surface area contributed by atoms with Crippen LogP contribution in [0.25, 0.3) is 11.4 Å². The van der Waals surface area contributed by atoms with Crippen molar-refractivity contribution in [2.45, 2.75) is 25.4 Å². The Morgan fingerprint density at radius 1 is 1.12 bits per heavy atom. The molecule has 0 amide bonds. The van der Waals surface area contributed by atoms with Gasteiger partial charge < -0.3 is 14.2 Å². The fourth-order valence-electron chi connectivity index (χ4n) is 2.85. The highest BCUT2D eigenvalue weighted by molar-refractivity contribution is 7.98. The summed E-state index contributed by atoms with van der Waals surface area (Å²) in [7, 11) is 3.28. The fraction of sp³-hybridized carbons (Fsp3) is 0.368. The average Bonchev–Trinajstić information content (AvgIpc) is 3.01. The molecule has 0 N–H and O–H groups in total. The van der Waals surface area contributed by atoms with Crippen LogP contribution in [-0.2, 0) is 4.74 Å². The summed E-state index contributed by atoms with van der Waals surface area (Å²) in [4.78, 5) is 0. The normalized spacial score (nSPS) is 14.6. The maximum Gasteiger partial charge on any atom is 0.204 e. The molecule has 7 heteroatoms. The van der Waals surface area contributed by atoms with Crippen LogP contribution >= 0.6 is 11.8 Å². The number of hydrogen-bond acceptors (Lipinski definition) is 6. The van der Waals surface area contributed by atoms with Gasteiger partial charge in [0.2, 0.25) is 5.82 Å². The predicted octanol–water partition coefficient (Wildman–Crippen LogP) is 4.10. The van der Waals surface area contributed by atoms with Gasteiger partial charge in [0.1, 0.15) is 23.8 Å². The van der Waals surface area contributed by atoms with Crippen molar-refractivity contribution in [3.05, 3.63) is 41.2 Å². The van der Waals surface area contributed by atoms with Crippen LogP contribution in [-0.4, -0.2) is 41.8 Å². The molecule has 6 nitrogen and oxygen atoms in total. The molecule has 0 spiro atoms. The van der Waals surface area contributed by atoms with Gasteiger partial charge in [-0.05, 0) is 49.8 Å². The summed E-state index contributed by atoms with van der Waals surface area (Å²) in [6.45, 7) is 4.66. The molecule has 0 aliphatic carbocycles. The number of nitrogens with zero attached hydrogens (tertiary/aromatic N) is 3. The minimum atomic E-state index is 0.539. The van der Waals surface area contributed by atoms with Gasteiger partial charge in [-0.25, -0.2) is 0 Å². The van der Waals surface area contributed by atoms with Crippen LogP contribution in [0.3, 0.4) is 0 Å². The number of aromatic nitrogens is 3. The third-order valence-electron chi connectivity index (χ3n) is 4.23. The zero-order valence-corrected chi connectivity index (χ0v) is 16.5. The zero-order valence-electron chi connectivity index (χ0n) is 15.7. The Morgan fingerprint density at radius 2 is 1.81 bits per heavy atom. The summed E-state index contributed by atoms with van der Waals surface area (Å²) in [5.41, 5.74) is 3.07. The number of benzene rings is 1. The molecule has 1 aliphatic heterocycles. The number of rotatable bonds is 5. The van der Waals surface area contributed by atoms with E-state index < -0.39 is 0 Å². The fourth-order valence-corrected chi connectivity index (χ4v) is 3.33. The molecule has 2 aromatic rings. The number of hydrogen-bond donors (Lipinski definition) is 0. The molecular weight excluding hydrogens is 350 g/mol. The molecule has 0 saturated carbocycles. The first kappa shape index (κ1) is 18.4. The lowest BCUT2D eigenvalue weighted by Crippen LogP contribution is -2.09. The lowest BCUT2D eigenvalue weighted by Gasteiger charge is -2.18. The molecule has 0 unspecified atom stereocenters. The van der Waals surface area contributed by atoms with Crippen LogP contribution in [0.2, 0.25) is 0 Å². The van der Waals surface area contributed by atoms with Crippen molar-refractivity contribution >= 4 is 17.5 Å². The summed E-state index contributed by atoms with van der Waals surface area (Å²) in [6.07, 6.45) is 4.97. The molecule has 1 aromatic carbocycles.